The molecule has 8 heteroatoms. The van der Waals surface area contributed by atoms with Crippen LogP contribution >= 0.6 is 0 Å². The Morgan fingerprint density at radius 2 is 1.62 bits per heavy atom. The van der Waals surface area contributed by atoms with Crippen LogP contribution in [0.5, 0.6) is 0 Å². The first-order valence-electron chi connectivity index (χ1n) is 7.68. The number of aromatic nitrogens is 2. The van der Waals surface area contributed by atoms with Crippen LogP contribution in [0.15, 0.2) is 42.5 Å². The number of aryl methyl sites for hydroxylation is 1. The monoisotopic (exact) mass is 363 g/mol. The molecule has 0 aliphatic rings. The Morgan fingerprint density at radius 1 is 0.962 bits per heavy atom. The summed E-state index contributed by atoms with van der Waals surface area (Å²) in [4.78, 5) is 12.3. The first-order valence-corrected chi connectivity index (χ1v) is 7.68. The molecule has 1 N–H and O–H groups in total. The third kappa shape index (κ3) is 3.44. The lowest BCUT2D eigenvalue weighted by Crippen LogP contribution is -2.13. The first-order chi connectivity index (χ1) is 12.4. The molecule has 4 nitrogen and oxygen atoms in total. The first kappa shape index (κ1) is 17.7. The van der Waals surface area contributed by atoms with Gasteiger partial charge >= 0.3 is 0 Å². The van der Waals surface area contributed by atoms with Crippen molar-refractivity contribution in [1.29, 1.82) is 0 Å². The summed E-state index contributed by atoms with van der Waals surface area (Å²) in [5.74, 6) is -4.76. The summed E-state index contributed by atoms with van der Waals surface area (Å²) in [7, 11) is 0. The molecule has 0 saturated heterocycles. The number of carbonyl (C=O) groups excluding carboxylic acids is 1. The summed E-state index contributed by atoms with van der Waals surface area (Å²) in [6, 6.07) is 7.73. The van der Waals surface area contributed by atoms with E-state index in [0.717, 1.165) is 24.3 Å². The number of carbonyl (C=O) groups is 1. The van der Waals surface area contributed by atoms with Crippen LogP contribution in [0.25, 0.3) is 11.3 Å². The maximum atomic E-state index is 13.5. The minimum absolute atomic E-state index is 0.00341. The van der Waals surface area contributed by atoms with Crippen molar-refractivity contribution in [3.63, 3.8) is 0 Å². The van der Waals surface area contributed by atoms with Crippen LogP contribution in [-0.4, -0.2) is 15.7 Å². The number of hydrogen-bond donors (Lipinski definition) is 1. The molecule has 0 atom stereocenters. The van der Waals surface area contributed by atoms with Gasteiger partial charge in [-0.15, -0.1) is 0 Å². The largest absolute Gasteiger partial charge is 0.320 e. The Bertz CT molecular complexity index is 985. The van der Waals surface area contributed by atoms with Gasteiger partial charge < -0.3 is 5.32 Å². The SMILES string of the molecule is CCn1nc(C(=O)Nc2ccc(F)c(F)c2)cc1-c1ccc(F)c(F)c1. The maximum absolute atomic E-state index is 13.5. The number of amides is 1. The van der Waals surface area contributed by atoms with Crippen LogP contribution in [-0.2, 0) is 6.54 Å². The van der Waals surface area contributed by atoms with Crippen molar-refractivity contribution in [2.75, 3.05) is 5.32 Å². The molecule has 1 amide bonds. The predicted molar refractivity (Wildman–Crippen MR) is 87.6 cm³/mol. The Labute approximate surface area is 146 Å². The third-order valence-corrected chi connectivity index (χ3v) is 3.70. The minimum Gasteiger partial charge on any atom is -0.320 e. The molecule has 0 aliphatic heterocycles. The number of hydrogen-bond acceptors (Lipinski definition) is 2. The van der Waals surface area contributed by atoms with E-state index in [4.69, 9.17) is 0 Å². The number of benzene rings is 2. The van der Waals surface area contributed by atoms with E-state index in [1.807, 2.05) is 0 Å². The number of rotatable bonds is 4. The summed E-state index contributed by atoms with van der Waals surface area (Å²) < 4.78 is 54.2. The molecule has 0 bridgehead atoms. The molecule has 0 radical (unpaired) electrons. The predicted octanol–water partition coefficient (Wildman–Crippen LogP) is 4.38. The fourth-order valence-corrected chi connectivity index (χ4v) is 2.43. The van der Waals surface area contributed by atoms with Crippen molar-refractivity contribution >= 4 is 11.6 Å². The summed E-state index contributed by atoms with van der Waals surface area (Å²) in [6.45, 7) is 2.15. The average Bonchev–Trinajstić information content (AvgIpc) is 3.05. The summed E-state index contributed by atoms with van der Waals surface area (Å²) in [5.41, 5.74) is 0.831. The zero-order valence-corrected chi connectivity index (χ0v) is 13.6. The quantitative estimate of drug-likeness (QED) is 0.700. The van der Waals surface area contributed by atoms with E-state index in [0.29, 0.717) is 17.8 Å². The van der Waals surface area contributed by atoms with Crippen LogP contribution in [0.1, 0.15) is 17.4 Å². The molecular weight excluding hydrogens is 350 g/mol. The van der Waals surface area contributed by atoms with E-state index < -0.39 is 29.2 Å². The van der Waals surface area contributed by atoms with Gasteiger partial charge in [0.2, 0.25) is 0 Å². The lowest BCUT2D eigenvalue weighted by Gasteiger charge is -2.04. The van der Waals surface area contributed by atoms with Crippen molar-refractivity contribution in [2.45, 2.75) is 13.5 Å². The van der Waals surface area contributed by atoms with Gasteiger partial charge in [0.1, 0.15) is 0 Å². The summed E-state index contributed by atoms with van der Waals surface area (Å²) in [6.07, 6.45) is 0. The zero-order valence-electron chi connectivity index (χ0n) is 13.6. The minimum atomic E-state index is -1.09. The van der Waals surface area contributed by atoms with Crippen LogP contribution in [0, 0.1) is 23.3 Å². The Hall–Kier alpha value is -3.16. The molecule has 1 aromatic heterocycles. The lowest BCUT2D eigenvalue weighted by atomic mass is 10.1. The highest BCUT2D eigenvalue weighted by atomic mass is 19.2. The molecule has 1 heterocycles. The van der Waals surface area contributed by atoms with Gasteiger partial charge in [0, 0.05) is 23.9 Å². The second-order valence-electron chi connectivity index (χ2n) is 5.44. The number of nitrogens with one attached hydrogen (secondary N) is 1. The molecule has 0 fully saturated rings. The van der Waals surface area contributed by atoms with Crippen LogP contribution < -0.4 is 5.32 Å². The lowest BCUT2D eigenvalue weighted by molar-refractivity contribution is 0.102. The van der Waals surface area contributed by atoms with Gasteiger partial charge in [-0.05, 0) is 43.3 Å². The van der Waals surface area contributed by atoms with E-state index in [2.05, 4.69) is 10.4 Å². The normalized spacial score (nSPS) is 10.8. The summed E-state index contributed by atoms with van der Waals surface area (Å²) in [5, 5.41) is 6.52. The van der Waals surface area contributed by atoms with Crippen molar-refractivity contribution < 1.29 is 22.4 Å². The fourth-order valence-electron chi connectivity index (χ4n) is 2.43. The molecule has 134 valence electrons. The highest BCUT2D eigenvalue weighted by Crippen LogP contribution is 2.23. The number of halogens is 4. The van der Waals surface area contributed by atoms with E-state index in [1.54, 1.807) is 6.92 Å². The van der Waals surface area contributed by atoms with Crippen molar-refractivity contribution in [1.82, 2.24) is 9.78 Å². The van der Waals surface area contributed by atoms with Gasteiger partial charge in [0.15, 0.2) is 29.0 Å². The van der Waals surface area contributed by atoms with Gasteiger partial charge in [-0.3, -0.25) is 9.48 Å². The van der Waals surface area contributed by atoms with E-state index in [9.17, 15) is 22.4 Å². The molecule has 3 rings (SSSR count). The number of nitrogens with zero attached hydrogens (tertiary/aromatic N) is 2. The molecule has 0 spiro atoms. The molecular formula is C18H13F4N3O. The van der Waals surface area contributed by atoms with Gasteiger partial charge in [-0.2, -0.15) is 5.10 Å². The van der Waals surface area contributed by atoms with Gasteiger partial charge in [-0.25, -0.2) is 17.6 Å². The standard InChI is InChI=1S/C18H13F4N3O/c1-2-25-17(10-3-5-12(19)14(21)7-10)9-16(24-25)18(26)23-11-4-6-13(20)15(22)8-11/h3-9H,2H2,1H3,(H,23,26). The maximum Gasteiger partial charge on any atom is 0.276 e. The molecule has 2 aromatic carbocycles. The van der Waals surface area contributed by atoms with E-state index >= 15 is 0 Å². The average molecular weight is 363 g/mol. The second-order valence-corrected chi connectivity index (χ2v) is 5.44. The molecule has 0 unspecified atom stereocenters. The molecule has 0 saturated carbocycles. The molecule has 3 aromatic rings. The smallest absolute Gasteiger partial charge is 0.276 e. The second kappa shape index (κ2) is 6.99. The topological polar surface area (TPSA) is 46.9 Å². The molecule has 0 aliphatic carbocycles. The van der Waals surface area contributed by atoms with Gasteiger partial charge in [0.25, 0.3) is 5.91 Å². The molecule has 26 heavy (non-hydrogen) atoms. The van der Waals surface area contributed by atoms with Gasteiger partial charge in [-0.1, -0.05) is 0 Å². The Kier molecular flexibility index (Phi) is 4.75. The van der Waals surface area contributed by atoms with Crippen molar-refractivity contribution in [2.24, 2.45) is 0 Å². The van der Waals surface area contributed by atoms with E-state index in [1.165, 1.54) is 22.9 Å². The van der Waals surface area contributed by atoms with Crippen molar-refractivity contribution in [3.8, 4) is 11.3 Å². The zero-order chi connectivity index (χ0) is 18.8. The highest BCUT2D eigenvalue weighted by Gasteiger charge is 2.17. The Morgan fingerprint density at radius 3 is 2.23 bits per heavy atom. The number of anilines is 1. The van der Waals surface area contributed by atoms with Crippen LogP contribution in [0.2, 0.25) is 0 Å². The van der Waals surface area contributed by atoms with Gasteiger partial charge in [0.05, 0.1) is 5.69 Å². The Balaban J connectivity index is 1.90. The van der Waals surface area contributed by atoms with Crippen molar-refractivity contribution in [3.05, 3.63) is 71.4 Å². The van der Waals surface area contributed by atoms with E-state index in [-0.39, 0.29) is 11.4 Å². The fraction of sp³-hybridized carbons (Fsp3) is 0.111. The van der Waals surface area contributed by atoms with Crippen LogP contribution in [0.3, 0.4) is 0 Å². The van der Waals surface area contributed by atoms with Crippen LogP contribution in [0.4, 0.5) is 23.2 Å². The third-order valence-electron chi connectivity index (χ3n) is 3.70. The summed E-state index contributed by atoms with van der Waals surface area (Å²) >= 11 is 0. The highest BCUT2D eigenvalue weighted by molar-refractivity contribution is 6.03.